The average Bonchev–Trinajstić information content (AvgIpc) is 2.78. The molecule has 5 nitrogen and oxygen atoms in total. The second-order valence-electron chi connectivity index (χ2n) is 7.90. The van der Waals surface area contributed by atoms with E-state index in [2.05, 4.69) is 16.8 Å². The van der Waals surface area contributed by atoms with E-state index >= 15 is 0 Å². The van der Waals surface area contributed by atoms with E-state index in [4.69, 9.17) is 9.47 Å². The van der Waals surface area contributed by atoms with Crippen LogP contribution in [0.15, 0.2) is 48.7 Å². The molecule has 0 saturated carbocycles. The van der Waals surface area contributed by atoms with Crippen LogP contribution in [0.25, 0.3) is 10.9 Å². The van der Waals surface area contributed by atoms with Gasteiger partial charge >= 0.3 is 0 Å². The van der Waals surface area contributed by atoms with Crippen LogP contribution in [-0.2, 0) is 0 Å². The summed E-state index contributed by atoms with van der Waals surface area (Å²) in [5, 5.41) is 0.950. The third-order valence-corrected chi connectivity index (χ3v) is 5.88. The highest BCUT2D eigenvalue weighted by molar-refractivity contribution is 6.16. The van der Waals surface area contributed by atoms with Crippen molar-refractivity contribution < 1.29 is 14.3 Å². The molecule has 1 aromatic heterocycles. The van der Waals surface area contributed by atoms with Crippen molar-refractivity contribution in [2.24, 2.45) is 5.92 Å². The summed E-state index contributed by atoms with van der Waals surface area (Å²) in [4.78, 5) is 20.4. The Kier molecular flexibility index (Phi) is 4.58. The molecule has 0 spiro atoms. The molecule has 0 N–H and O–H groups in total. The number of hydrogen-bond donors (Lipinski definition) is 0. The van der Waals surface area contributed by atoms with Crippen LogP contribution in [0.1, 0.15) is 35.7 Å². The standard InChI is InChI=1S/C24H24N2O3/c1-16-7-9-26(10-8-16)23-18-13-21-22(29-12-11-28-21)14-20(18)25-15-19(23)24(27)17-5-3-2-4-6-17/h2-6,13-16H,7-12H2,1H3. The van der Waals surface area contributed by atoms with Gasteiger partial charge in [0.05, 0.1) is 16.8 Å². The molecule has 0 aliphatic carbocycles. The monoisotopic (exact) mass is 388 g/mol. The second-order valence-corrected chi connectivity index (χ2v) is 7.90. The smallest absolute Gasteiger partial charge is 0.196 e. The van der Waals surface area contributed by atoms with Crippen molar-refractivity contribution in [3.63, 3.8) is 0 Å². The van der Waals surface area contributed by atoms with Crippen LogP contribution in [0.4, 0.5) is 5.69 Å². The molecule has 1 saturated heterocycles. The van der Waals surface area contributed by atoms with Crippen molar-refractivity contribution in [3.8, 4) is 11.5 Å². The quantitative estimate of drug-likeness (QED) is 0.620. The number of ketones is 1. The topological polar surface area (TPSA) is 51.7 Å². The maximum Gasteiger partial charge on any atom is 0.196 e. The van der Waals surface area contributed by atoms with E-state index in [9.17, 15) is 4.79 Å². The minimum absolute atomic E-state index is 0.00325. The summed E-state index contributed by atoms with van der Waals surface area (Å²) in [6, 6.07) is 13.3. The predicted octanol–water partition coefficient (Wildman–Crippen LogP) is 4.47. The SMILES string of the molecule is CC1CCN(c2c(C(=O)c3ccccc3)cnc3cc4c(cc23)OCCO4)CC1. The molecule has 2 aliphatic rings. The average molecular weight is 388 g/mol. The van der Waals surface area contributed by atoms with Gasteiger partial charge < -0.3 is 14.4 Å². The third-order valence-electron chi connectivity index (χ3n) is 5.88. The Bertz CT molecular complexity index is 1060. The second kappa shape index (κ2) is 7.39. The molecular weight excluding hydrogens is 364 g/mol. The molecular formula is C24H24N2O3. The largest absolute Gasteiger partial charge is 0.486 e. The zero-order chi connectivity index (χ0) is 19.8. The highest BCUT2D eigenvalue weighted by Gasteiger charge is 2.26. The van der Waals surface area contributed by atoms with Crippen LogP contribution >= 0.6 is 0 Å². The number of nitrogens with zero attached hydrogens (tertiary/aromatic N) is 2. The molecule has 0 atom stereocenters. The molecule has 3 aromatic rings. The predicted molar refractivity (Wildman–Crippen MR) is 113 cm³/mol. The van der Waals surface area contributed by atoms with Gasteiger partial charge in [-0.15, -0.1) is 0 Å². The number of carbonyl (C=O) groups excluding carboxylic acids is 1. The molecule has 3 heterocycles. The zero-order valence-electron chi connectivity index (χ0n) is 16.6. The van der Waals surface area contributed by atoms with Crippen molar-refractivity contribution in [2.75, 3.05) is 31.2 Å². The summed E-state index contributed by atoms with van der Waals surface area (Å²) in [5.74, 6) is 2.15. The molecule has 2 aromatic carbocycles. The number of carbonyl (C=O) groups is 1. The fourth-order valence-corrected chi connectivity index (χ4v) is 4.20. The third kappa shape index (κ3) is 3.31. The van der Waals surface area contributed by atoms with Gasteiger partial charge in [-0.1, -0.05) is 37.3 Å². The van der Waals surface area contributed by atoms with Crippen molar-refractivity contribution >= 4 is 22.4 Å². The first-order valence-electron chi connectivity index (χ1n) is 10.3. The normalized spacial score (nSPS) is 16.8. The lowest BCUT2D eigenvalue weighted by Gasteiger charge is -2.34. The molecule has 29 heavy (non-hydrogen) atoms. The Morgan fingerprint density at radius 1 is 1.03 bits per heavy atom. The molecule has 5 heteroatoms. The van der Waals surface area contributed by atoms with Crippen LogP contribution in [0.5, 0.6) is 11.5 Å². The fraction of sp³-hybridized carbons (Fsp3) is 0.333. The summed E-state index contributed by atoms with van der Waals surface area (Å²) in [6.07, 6.45) is 3.96. The molecule has 0 radical (unpaired) electrons. The number of ether oxygens (including phenoxy) is 2. The van der Waals surface area contributed by atoms with Crippen molar-refractivity contribution in [1.29, 1.82) is 0 Å². The summed E-state index contributed by atoms with van der Waals surface area (Å²) in [7, 11) is 0. The molecule has 0 amide bonds. The minimum Gasteiger partial charge on any atom is -0.486 e. The van der Waals surface area contributed by atoms with Gasteiger partial charge in [-0.05, 0) is 24.8 Å². The number of fused-ring (bicyclic) bond motifs is 2. The lowest BCUT2D eigenvalue weighted by atomic mass is 9.95. The molecule has 148 valence electrons. The summed E-state index contributed by atoms with van der Waals surface area (Å²) in [5.41, 5.74) is 3.12. The van der Waals surface area contributed by atoms with Crippen molar-refractivity contribution in [2.45, 2.75) is 19.8 Å². The first-order chi connectivity index (χ1) is 14.2. The molecule has 2 aliphatic heterocycles. The number of anilines is 1. The van der Waals surface area contributed by atoms with Gasteiger partial charge in [0.25, 0.3) is 0 Å². The maximum absolute atomic E-state index is 13.4. The van der Waals surface area contributed by atoms with Gasteiger partial charge in [-0.25, -0.2) is 0 Å². The molecule has 0 bridgehead atoms. The summed E-state index contributed by atoms with van der Waals surface area (Å²) in [6.45, 7) is 5.23. The Morgan fingerprint density at radius 2 is 1.72 bits per heavy atom. The van der Waals surface area contributed by atoms with E-state index in [1.807, 2.05) is 42.5 Å². The van der Waals surface area contributed by atoms with Crippen LogP contribution in [-0.4, -0.2) is 37.1 Å². The van der Waals surface area contributed by atoms with Crippen LogP contribution in [0.3, 0.4) is 0 Å². The van der Waals surface area contributed by atoms with Gasteiger partial charge in [0, 0.05) is 36.3 Å². The van der Waals surface area contributed by atoms with Gasteiger partial charge in [0.15, 0.2) is 17.3 Å². The summed E-state index contributed by atoms with van der Waals surface area (Å²) >= 11 is 0. The number of aromatic nitrogens is 1. The number of benzene rings is 2. The maximum atomic E-state index is 13.4. The van der Waals surface area contributed by atoms with Crippen LogP contribution in [0, 0.1) is 5.92 Å². The van der Waals surface area contributed by atoms with Gasteiger partial charge in [-0.3, -0.25) is 9.78 Å². The molecule has 5 rings (SSSR count). The van der Waals surface area contributed by atoms with E-state index < -0.39 is 0 Å². The van der Waals surface area contributed by atoms with Gasteiger partial charge in [0.2, 0.25) is 0 Å². The van der Waals surface area contributed by atoms with E-state index in [1.54, 1.807) is 6.20 Å². The van der Waals surface area contributed by atoms with E-state index in [0.717, 1.165) is 54.0 Å². The summed E-state index contributed by atoms with van der Waals surface area (Å²) < 4.78 is 11.6. The van der Waals surface area contributed by atoms with Crippen molar-refractivity contribution in [3.05, 3.63) is 59.8 Å². The first kappa shape index (κ1) is 18.0. The molecule has 1 fully saturated rings. The number of hydrogen-bond acceptors (Lipinski definition) is 5. The lowest BCUT2D eigenvalue weighted by molar-refractivity contribution is 0.103. The zero-order valence-corrected chi connectivity index (χ0v) is 16.6. The highest BCUT2D eigenvalue weighted by atomic mass is 16.6. The Morgan fingerprint density at radius 3 is 2.45 bits per heavy atom. The van der Waals surface area contributed by atoms with Gasteiger partial charge in [-0.2, -0.15) is 0 Å². The fourth-order valence-electron chi connectivity index (χ4n) is 4.20. The number of rotatable bonds is 3. The number of pyridine rings is 1. The minimum atomic E-state index is 0.00325. The van der Waals surface area contributed by atoms with Crippen LogP contribution in [0.2, 0.25) is 0 Å². The van der Waals surface area contributed by atoms with E-state index in [0.29, 0.717) is 30.3 Å². The van der Waals surface area contributed by atoms with Gasteiger partial charge in [0.1, 0.15) is 13.2 Å². The Balaban J connectivity index is 1.69. The van der Waals surface area contributed by atoms with Crippen LogP contribution < -0.4 is 14.4 Å². The highest BCUT2D eigenvalue weighted by Crippen LogP contribution is 2.40. The van der Waals surface area contributed by atoms with E-state index in [1.165, 1.54) is 0 Å². The van der Waals surface area contributed by atoms with E-state index in [-0.39, 0.29) is 5.78 Å². The Hall–Kier alpha value is -3.08. The lowest BCUT2D eigenvalue weighted by Crippen LogP contribution is -2.34. The first-order valence-corrected chi connectivity index (χ1v) is 10.3. The molecule has 0 unspecified atom stereocenters. The van der Waals surface area contributed by atoms with Crippen molar-refractivity contribution in [1.82, 2.24) is 4.98 Å². The Labute approximate surface area is 170 Å². The number of piperidine rings is 1.